The van der Waals surface area contributed by atoms with Crippen molar-refractivity contribution in [3.8, 4) is 17.3 Å². The summed E-state index contributed by atoms with van der Waals surface area (Å²) >= 11 is 6.26. The van der Waals surface area contributed by atoms with Gasteiger partial charge < -0.3 is 14.9 Å². The van der Waals surface area contributed by atoms with E-state index in [0.29, 0.717) is 43.2 Å². The Morgan fingerprint density at radius 3 is 2.62 bits per heavy atom. The number of aliphatic hydroxyl groups excluding tert-OH is 1. The van der Waals surface area contributed by atoms with E-state index in [-0.39, 0.29) is 5.91 Å². The van der Waals surface area contributed by atoms with Crippen molar-refractivity contribution in [1.29, 1.82) is 5.26 Å². The summed E-state index contributed by atoms with van der Waals surface area (Å²) in [6, 6.07) is 17.6. The van der Waals surface area contributed by atoms with Crippen molar-refractivity contribution in [2.45, 2.75) is 32.5 Å². The highest BCUT2D eigenvalue weighted by Gasteiger charge is 2.28. The lowest BCUT2D eigenvalue weighted by molar-refractivity contribution is -0.129. The van der Waals surface area contributed by atoms with Gasteiger partial charge in [0, 0.05) is 81.0 Å². The van der Waals surface area contributed by atoms with E-state index < -0.39 is 6.10 Å². The molecule has 2 aromatic carbocycles. The summed E-state index contributed by atoms with van der Waals surface area (Å²) in [5.74, 6) is 0.0482. The molecule has 1 atom stereocenters. The molecule has 0 bridgehead atoms. The number of hydrogen-bond donors (Lipinski definition) is 1. The van der Waals surface area contributed by atoms with Gasteiger partial charge in [0.1, 0.15) is 6.07 Å². The predicted octanol–water partition coefficient (Wildman–Crippen LogP) is 3.16. The molecule has 1 fully saturated rings. The number of rotatable bonds is 6. The Morgan fingerprint density at radius 1 is 1.11 bits per heavy atom. The smallest absolute Gasteiger partial charge is 0.219 e. The molecule has 3 heterocycles. The highest BCUT2D eigenvalue weighted by atomic mass is 35.5. The number of nitrogens with zero attached hydrogens (tertiary/aromatic N) is 6. The first-order valence-corrected chi connectivity index (χ1v) is 13.0. The van der Waals surface area contributed by atoms with Crippen molar-refractivity contribution in [3.05, 3.63) is 70.4 Å². The second-order valence-corrected chi connectivity index (χ2v) is 10.2. The summed E-state index contributed by atoms with van der Waals surface area (Å²) < 4.78 is 1.92. The van der Waals surface area contributed by atoms with Crippen molar-refractivity contribution in [2.24, 2.45) is 0 Å². The zero-order chi connectivity index (χ0) is 25.9. The van der Waals surface area contributed by atoms with Gasteiger partial charge in [-0.2, -0.15) is 10.4 Å². The number of piperazine rings is 1. The summed E-state index contributed by atoms with van der Waals surface area (Å²) in [6.07, 6.45) is 0.117. The van der Waals surface area contributed by atoms with Crippen LogP contribution in [-0.4, -0.2) is 76.0 Å². The van der Waals surface area contributed by atoms with Crippen LogP contribution in [0.25, 0.3) is 11.3 Å². The van der Waals surface area contributed by atoms with Crippen LogP contribution in [0.5, 0.6) is 0 Å². The third kappa shape index (κ3) is 5.49. The van der Waals surface area contributed by atoms with Crippen LogP contribution in [0.3, 0.4) is 0 Å². The Hall–Kier alpha value is -3.38. The average molecular weight is 519 g/mol. The van der Waals surface area contributed by atoms with Crippen molar-refractivity contribution >= 4 is 23.2 Å². The monoisotopic (exact) mass is 518 g/mol. The van der Waals surface area contributed by atoms with Gasteiger partial charge in [-0.1, -0.05) is 35.9 Å². The Bertz CT molecular complexity index is 1320. The van der Waals surface area contributed by atoms with E-state index in [2.05, 4.69) is 15.9 Å². The number of halogens is 1. The highest BCUT2D eigenvalue weighted by molar-refractivity contribution is 6.30. The second kappa shape index (κ2) is 10.9. The zero-order valence-corrected chi connectivity index (χ0v) is 21.7. The molecule has 5 rings (SSSR count). The number of anilines is 1. The van der Waals surface area contributed by atoms with E-state index >= 15 is 0 Å². The minimum Gasteiger partial charge on any atom is -0.390 e. The van der Waals surface area contributed by atoms with Crippen LogP contribution >= 0.6 is 11.6 Å². The van der Waals surface area contributed by atoms with E-state index in [4.69, 9.17) is 16.7 Å². The number of hydrogen-bond acceptors (Lipinski definition) is 6. The fourth-order valence-corrected chi connectivity index (χ4v) is 5.54. The number of benzene rings is 2. The molecule has 2 aliphatic heterocycles. The molecule has 8 nitrogen and oxygen atoms in total. The normalized spacial score (nSPS) is 16.8. The highest BCUT2D eigenvalue weighted by Crippen LogP contribution is 2.31. The summed E-state index contributed by atoms with van der Waals surface area (Å²) in [5.41, 5.74) is 5.50. The number of amides is 1. The number of para-hydroxylation sites is 1. The van der Waals surface area contributed by atoms with Gasteiger partial charge in [0.2, 0.25) is 5.91 Å². The molecule has 0 aliphatic carbocycles. The molecule has 3 aromatic rings. The molecule has 1 saturated heterocycles. The van der Waals surface area contributed by atoms with Gasteiger partial charge >= 0.3 is 0 Å². The number of aromatic nitrogens is 2. The number of fused-ring (bicyclic) bond motifs is 1. The quantitative estimate of drug-likeness (QED) is 0.539. The van der Waals surface area contributed by atoms with Gasteiger partial charge in [-0.15, -0.1) is 0 Å². The van der Waals surface area contributed by atoms with E-state index in [0.717, 1.165) is 54.4 Å². The van der Waals surface area contributed by atoms with Crippen molar-refractivity contribution in [3.63, 3.8) is 0 Å². The summed E-state index contributed by atoms with van der Waals surface area (Å²) in [7, 11) is 0. The zero-order valence-electron chi connectivity index (χ0n) is 21.0. The molecule has 2 aliphatic rings. The molecule has 192 valence electrons. The van der Waals surface area contributed by atoms with Gasteiger partial charge in [-0.05, 0) is 24.3 Å². The summed E-state index contributed by atoms with van der Waals surface area (Å²) in [6.45, 7) is 6.93. The van der Waals surface area contributed by atoms with Gasteiger partial charge in [-0.3, -0.25) is 14.4 Å². The lowest BCUT2D eigenvalue weighted by Crippen LogP contribution is -2.49. The molecule has 37 heavy (non-hydrogen) atoms. The minimum atomic E-state index is -0.583. The standard InChI is InChI=1S/C28H31ClN6O2/c1-20(36)34-10-9-27-25(19-34)28(21-6-4-7-23(29)15-21)31-35(27)18-24(37)17-32-11-13-33(14-12-32)26-8-3-2-5-22(26)16-30/h2-8,15,24,37H,9-14,17-19H2,1H3. The van der Waals surface area contributed by atoms with Gasteiger partial charge in [0.05, 0.1) is 29.6 Å². The van der Waals surface area contributed by atoms with Crippen LogP contribution in [0.4, 0.5) is 5.69 Å². The van der Waals surface area contributed by atoms with Gasteiger partial charge in [-0.25, -0.2) is 0 Å². The van der Waals surface area contributed by atoms with Crippen LogP contribution in [0.1, 0.15) is 23.7 Å². The van der Waals surface area contributed by atoms with Crippen molar-refractivity contribution in [2.75, 3.05) is 44.2 Å². The molecule has 9 heteroatoms. The first kappa shape index (κ1) is 25.3. The number of β-amino-alcohol motifs (C(OH)–C–C–N with tert-alkyl or cyclic N) is 1. The van der Waals surface area contributed by atoms with Gasteiger partial charge in [0.25, 0.3) is 0 Å². The van der Waals surface area contributed by atoms with Crippen LogP contribution in [0.2, 0.25) is 5.02 Å². The fourth-order valence-electron chi connectivity index (χ4n) is 5.35. The van der Waals surface area contributed by atoms with E-state index in [1.807, 2.05) is 58.1 Å². The largest absolute Gasteiger partial charge is 0.390 e. The number of carbonyl (C=O) groups is 1. The molecular formula is C28H31ClN6O2. The Labute approximate surface area is 222 Å². The number of aliphatic hydroxyl groups is 1. The van der Waals surface area contributed by atoms with Gasteiger partial charge in [0.15, 0.2) is 0 Å². The predicted molar refractivity (Wildman–Crippen MR) is 143 cm³/mol. The average Bonchev–Trinajstić information content (AvgIpc) is 3.26. The maximum absolute atomic E-state index is 12.1. The van der Waals surface area contributed by atoms with Crippen LogP contribution < -0.4 is 4.90 Å². The fraction of sp³-hybridized carbons (Fsp3) is 0.393. The molecule has 1 amide bonds. The Balaban J connectivity index is 1.28. The molecule has 0 radical (unpaired) electrons. The topological polar surface area (TPSA) is 88.6 Å². The lowest BCUT2D eigenvalue weighted by atomic mass is 10.0. The van der Waals surface area contributed by atoms with Crippen molar-refractivity contribution < 1.29 is 9.90 Å². The van der Waals surface area contributed by atoms with E-state index in [9.17, 15) is 15.2 Å². The first-order chi connectivity index (χ1) is 17.9. The third-order valence-corrected chi connectivity index (χ3v) is 7.50. The third-order valence-electron chi connectivity index (χ3n) is 7.27. The molecular weight excluding hydrogens is 488 g/mol. The maximum atomic E-state index is 12.1. The second-order valence-electron chi connectivity index (χ2n) is 9.73. The van der Waals surface area contributed by atoms with Crippen LogP contribution in [-0.2, 0) is 24.3 Å². The van der Waals surface area contributed by atoms with E-state index in [1.165, 1.54) is 0 Å². The molecule has 0 saturated carbocycles. The van der Waals surface area contributed by atoms with E-state index in [1.54, 1.807) is 6.92 Å². The van der Waals surface area contributed by atoms with Crippen LogP contribution in [0.15, 0.2) is 48.5 Å². The SMILES string of the molecule is CC(=O)N1CCc2c(c(-c3cccc(Cl)c3)nn2CC(O)CN2CCN(c3ccccc3C#N)CC2)C1. The molecule has 1 unspecified atom stereocenters. The summed E-state index contributed by atoms with van der Waals surface area (Å²) in [4.78, 5) is 18.4. The molecule has 0 spiro atoms. The maximum Gasteiger partial charge on any atom is 0.219 e. The molecule has 1 N–H and O–H groups in total. The van der Waals surface area contributed by atoms with Crippen LogP contribution in [0, 0.1) is 11.3 Å². The molecule has 1 aromatic heterocycles. The number of nitriles is 1. The Morgan fingerprint density at radius 2 is 1.89 bits per heavy atom. The number of carbonyl (C=O) groups excluding carboxylic acids is 1. The minimum absolute atomic E-state index is 0.0482. The first-order valence-electron chi connectivity index (χ1n) is 12.7. The Kier molecular flexibility index (Phi) is 7.47. The van der Waals surface area contributed by atoms with Crippen molar-refractivity contribution in [1.82, 2.24) is 19.6 Å². The summed E-state index contributed by atoms with van der Waals surface area (Å²) in [5, 5.41) is 26.0. The lowest BCUT2D eigenvalue weighted by Gasteiger charge is -2.37.